The molecule has 0 aromatic heterocycles. The molecule has 0 saturated carbocycles. The van der Waals surface area contributed by atoms with Crippen molar-refractivity contribution in [2.45, 2.75) is 12.0 Å². The van der Waals surface area contributed by atoms with Gasteiger partial charge in [-0.15, -0.1) is 7.77 Å². The fraction of sp³-hybridized carbons (Fsp3) is 0.667. The first-order valence-electron chi connectivity index (χ1n) is 4.30. The third kappa shape index (κ3) is 7.56. The molecule has 0 spiro atoms. The highest BCUT2D eigenvalue weighted by atomic mass is 32.3. The standard InChI is InChI=1S/C6H4F8O5S2/c7-3(4(8)9)6(11,12)19-5(10,1-20(13,15)16)2-21(14,17)18/h1-2H2. The highest BCUT2D eigenvalue weighted by Gasteiger charge is 2.53. The van der Waals surface area contributed by atoms with Gasteiger partial charge < -0.3 is 0 Å². The van der Waals surface area contributed by atoms with E-state index in [9.17, 15) is 50.9 Å². The zero-order valence-corrected chi connectivity index (χ0v) is 10.9. The predicted octanol–water partition coefficient (Wildman–Crippen LogP) is 1.94. The van der Waals surface area contributed by atoms with Gasteiger partial charge in [0.15, 0.2) is 0 Å². The lowest BCUT2D eigenvalue weighted by Crippen LogP contribution is -2.46. The fourth-order valence-electron chi connectivity index (χ4n) is 1.00. The van der Waals surface area contributed by atoms with Crippen LogP contribution in [0.2, 0.25) is 0 Å². The number of alkyl halides is 3. The van der Waals surface area contributed by atoms with Crippen LogP contribution < -0.4 is 0 Å². The van der Waals surface area contributed by atoms with Crippen molar-refractivity contribution in [1.82, 2.24) is 0 Å². The van der Waals surface area contributed by atoms with Crippen LogP contribution in [-0.4, -0.2) is 40.3 Å². The van der Waals surface area contributed by atoms with Gasteiger partial charge in [-0.25, -0.2) is 4.39 Å². The zero-order valence-electron chi connectivity index (χ0n) is 9.30. The van der Waals surface area contributed by atoms with Gasteiger partial charge in [-0.3, -0.25) is 4.74 Å². The molecule has 0 amide bonds. The molecule has 0 rings (SSSR count). The molecule has 0 fully saturated rings. The Bertz CT molecular complexity index is 586. The van der Waals surface area contributed by atoms with E-state index in [1.165, 1.54) is 0 Å². The topological polar surface area (TPSA) is 77.5 Å². The third-order valence-corrected chi connectivity index (χ3v) is 3.06. The molecule has 0 atom stereocenters. The van der Waals surface area contributed by atoms with Gasteiger partial charge in [0.2, 0.25) is 5.85 Å². The minimum atomic E-state index is -6.06. The molecule has 0 bridgehead atoms. The van der Waals surface area contributed by atoms with Crippen LogP contribution in [0.4, 0.5) is 34.1 Å². The Morgan fingerprint density at radius 3 is 1.43 bits per heavy atom. The van der Waals surface area contributed by atoms with E-state index in [0.29, 0.717) is 0 Å². The van der Waals surface area contributed by atoms with Crippen LogP contribution in [-0.2, 0) is 25.2 Å². The van der Waals surface area contributed by atoms with E-state index in [0.717, 1.165) is 0 Å². The molecule has 0 heterocycles. The van der Waals surface area contributed by atoms with Crippen molar-refractivity contribution < 1.29 is 55.7 Å². The smallest absolute Gasteiger partial charge is 0.275 e. The first kappa shape index (κ1) is 20.0. The maximum absolute atomic E-state index is 13.5. The number of hydrogen-bond donors (Lipinski definition) is 0. The summed E-state index contributed by atoms with van der Waals surface area (Å²) in [5, 5.41) is 0. The molecule has 0 aliphatic rings. The molecule has 0 aromatic rings. The van der Waals surface area contributed by atoms with Crippen molar-refractivity contribution in [3.63, 3.8) is 0 Å². The molecule has 21 heavy (non-hydrogen) atoms. The lowest BCUT2D eigenvalue weighted by atomic mass is 10.4. The van der Waals surface area contributed by atoms with Crippen molar-refractivity contribution in [1.29, 1.82) is 0 Å². The van der Waals surface area contributed by atoms with Crippen LogP contribution in [0.15, 0.2) is 11.9 Å². The molecule has 15 heteroatoms. The molecule has 0 aliphatic heterocycles. The highest BCUT2D eigenvalue weighted by molar-refractivity contribution is 7.87. The highest BCUT2D eigenvalue weighted by Crippen LogP contribution is 2.36. The van der Waals surface area contributed by atoms with Crippen LogP contribution in [0, 0.1) is 0 Å². The number of hydrogen-bond acceptors (Lipinski definition) is 5. The van der Waals surface area contributed by atoms with E-state index >= 15 is 0 Å². The van der Waals surface area contributed by atoms with Gasteiger partial charge in [-0.2, -0.15) is 38.8 Å². The minimum Gasteiger partial charge on any atom is -0.275 e. The normalized spacial score (nSPS) is 14.1. The summed E-state index contributed by atoms with van der Waals surface area (Å²) < 4.78 is 142. The summed E-state index contributed by atoms with van der Waals surface area (Å²) in [6, 6.07) is 0. The van der Waals surface area contributed by atoms with E-state index in [1.807, 2.05) is 0 Å². The molecule has 0 unspecified atom stereocenters. The first-order chi connectivity index (χ1) is 8.98. The Labute approximate surface area is 112 Å². The SMILES string of the molecule is O=S(=O)(F)CC(F)(CS(=O)(=O)F)OC(F)(F)C(F)=C(F)F. The number of rotatable bonds is 7. The van der Waals surface area contributed by atoms with Crippen molar-refractivity contribution in [3.8, 4) is 0 Å². The number of halogens is 8. The average molecular weight is 372 g/mol. The molecular weight excluding hydrogens is 368 g/mol. The summed E-state index contributed by atoms with van der Waals surface area (Å²) >= 11 is 0. The van der Waals surface area contributed by atoms with Crippen LogP contribution in [0.25, 0.3) is 0 Å². The molecular formula is C6H4F8O5S2. The van der Waals surface area contributed by atoms with Crippen LogP contribution in [0.3, 0.4) is 0 Å². The van der Waals surface area contributed by atoms with Gasteiger partial charge in [0, 0.05) is 0 Å². The summed E-state index contributed by atoms with van der Waals surface area (Å²) in [5.74, 6) is -14.2. The van der Waals surface area contributed by atoms with Crippen LogP contribution >= 0.6 is 0 Å². The van der Waals surface area contributed by atoms with Crippen molar-refractivity contribution in [3.05, 3.63) is 11.9 Å². The van der Waals surface area contributed by atoms with E-state index in [4.69, 9.17) is 0 Å². The first-order valence-corrected chi connectivity index (χ1v) is 7.41. The molecule has 0 aliphatic carbocycles. The van der Waals surface area contributed by atoms with Gasteiger partial charge in [0.05, 0.1) is 0 Å². The second kappa shape index (κ2) is 6.04. The molecule has 5 nitrogen and oxygen atoms in total. The largest absolute Gasteiger partial charge is 0.417 e. The Morgan fingerprint density at radius 2 is 1.19 bits per heavy atom. The molecule has 0 saturated heterocycles. The van der Waals surface area contributed by atoms with Crippen molar-refractivity contribution >= 4 is 20.4 Å². The molecule has 0 N–H and O–H groups in total. The summed E-state index contributed by atoms with van der Waals surface area (Å²) in [7, 11) is -12.1. The Kier molecular flexibility index (Phi) is 5.76. The minimum absolute atomic E-state index is 2.65. The van der Waals surface area contributed by atoms with Gasteiger partial charge in [-0.1, -0.05) is 0 Å². The quantitative estimate of drug-likeness (QED) is 0.504. The summed E-state index contributed by atoms with van der Waals surface area (Å²) in [6.45, 7) is 0. The molecule has 126 valence electrons. The molecule has 0 radical (unpaired) electrons. The maximum atomic E-state index is 13.5. The van der Waals surface area contributed by atoms with Crippen LogP contribution in [0.5, 0.6) is 0 Å². The lowest BCUT2D eigenvalue weighted by molar-refractivity contribution is -0.304. The second-order valence-electron chi connectivity index (χ2n) is 3.44. The van der Waals surface area contributed by atoms with Crippen molar-refractivity contribution in [2.24, 2.45) is 0 Å². The van der Waals surface area contributed by atoms with E-state index in [-0.39, 0.29) is 0 Å². The Hall–Kier alpha value is -0.960. The fourth-order valence-corrected chi connectivity index (χ4v) is 2.48. The Morgan fingerprint density at radius 1 is 0.857 bits per heavy atom. The van der Waals surface area contributed by atoms with E-state index in [1.54, 1.807) is 0 Å². The molecule has 0 aromatic carbocycles. The van der Waals surface area contributed by atoms with Gasteiger partial charge in [-0.05, 0) is 0 Å². The van der Waals surface area contributed by atoms with E-state index < -0.39 is 55.8 Å². The maximum Gasteiger partial charge on any atom is 0.417 e. The lowest BCUT2D eigenvalue weighted by Gasteiger charge is -2.26. The van der Waals surface area contributed by atoms with E-state index in [2.05, 4.69) is 4.74 Å². The van der Waals surface area contributed by atoms with Crippen LogP contribution in [0.1, 0.15) is 0 Å². The van der Waals surface area contributed by atoms with Gasteiger partial charge in [0.25, 0.3) is 5.83 Å². The average Bonchev–Trinajstić information content (AvgIpc) is 2.07. The van der Waals surface area contributed by atoms with Gasteiger partial charge >= 0.3 is 32.6 Å². The summed E-state index contributed by atoms with van der Waals surface area (Å²) in [6.07, 6.45) is -9.59. The van der Waals surface area contributed by atoms with Crippen molar-refractivity contribution in [2.75, 3.05) is 11.5 Å². The summed E-state index contributed by atoms with van der Waals surface area (Å²) in [4.78, 5) is 0. The predicted molar refractivity (Wildman–Crippen MR) is 50.0 cm³/mol. The third-order valence-electron chi connectivity index (χ3n) is 1.51. The van der Waals surface area contributed by atoms with Gasteiger partial charge in [0.1, 0.15) is 11.5 Å². The second-order valence-corrected chi connectivity index (χ2v) is 6.18. The Balaban J connectivity index is 5.70. The number of ether oxygens (including phenoxy) is 1. The summed E-state index contributed by atoms with van der Waals surface area (Å²) in [5.41, 5.74) is 0. The zero-order chi connectivity index (χ0) is 17.3. The monoisotopic (exact) mass is 372 g/mol.